The first-order valence-corrected chi connectivity index (χ1v) is 10.5. The van der Waals surface area contributed by atoms with Crippen LogP contribution < -0.4 is 15.4 Å². The summed E-state index contributed by atoms with van der Waals surface area (Å²) in [5.74, 6) is -0.174. The topological polar surface area (TPSA) is 105 Å². The molecule has 9 heteroatoms. The lowest BCUT2D eigenvalue weighted by molar-refractivity contribution is -0.120. The van der Waals surface area contributed by atoms with E-state index in [0.29, 0.717) is 13.2 Å². The molecule has 2 amide bonds. The third kappa shape index (κ3) is 6.30. The highest BCUT2D eigenvalue weighted by molar-refractivity contribution is 7.89. The summed E-state index contributed by atoms with van der Waals surface area (Å²) in [7, 11) is -0.821. The van der Waals surface area contributed by atoms with Crippen molar-refractivity contribution in [2.24, 2.45) is 0 Å². The van der Waals surface area contributed by atoms with Crippen LogP contribution in [0.3, 0.4) is 0 Å². The van der Waals surface area contributed by atoms with Crippen LogP contribution in [-0.4, -0.2) is 51.8 Å². The van der Waals surface area contributed by atoms with Gasteiger partial charge in [0.15, 0.2) is 0 Å². The van der Waals surface area contributed by atoms with Crippen molar-refractivity contribution >= 4 is 21.8 Å². The van der Waals surface area contributed by atoms with Crippen LogP contribution >= 0.6 is 0 Å². The first kappa shape index (κ1) is 22.4. The maximum absolute atomic E-state index is 12.3. The third-order valence-corrected chi connectivity index (χ3v) is 5.79. The first-order chi connectivity index (χ1) is 13.7. The Morgan fingerprint density at radius 3 is 2.45 bits per heavy atom. The van der Waals surface area contributed by atoms with Crippen molar-refractivity contribution in [1.29, 1.82) is 0 Å². The van der Waals surface area contributed by atoms with Gasteiger partial charge in [0.1, 0.15) is 5.75 Å². The monoisotopic (exact) mass is 419 g/mol. The molecule has 0 radical (unpaired) electrons. The van der Waals surface area contributed by atoms with Crippen molar-refractivity contribution in [3.63, 3.8) is 0 Å². The molecule has 0 fully saturated rings. The molecule has 0 aliphatic rings. The molecule has 2 aromatic carbocycles. The second kappa shape index (κ2) is 10.0. The molecular weight excluding hydrogens is 394 g/mol. The number of nitrogens with one attached hydrogen (secondary N) is 2. The van der Waals surface area contributed by atoms with Crippen LogP contribution in [0.25, 0.3) is 0 Å². The number of rotatable bonds is 9. The number of hydrogen-bond donors (Lipinski definition) is 2. The van der Waals surface area contributed by atoms with E-state index in [1.165, 1.54) is 38.4 Å². The van der Waals surface area contributed by atoms with E-state index in [9.17, 15) is 18.0 Å². The van der Waals surface area contributed by atoms with Crippen LogP contribution in [0, 0.1) is 0 Å². The molecule has 0 aliphatic heterocycles. The fourth-order valence-electron chi connectivity index (χ4n) is 2.45. The third-order valence-electron chi connectivity index (χ3n) is 3.98. The summed E-state index contributed by atoms with van der Waals surface area (Å²) in [5, 5.41) is 5.20. The fourth-order valence-corrected chi connectivity index (χ4v) is 3.39. The van der Waals surface area contributed by atoms with E-state index in [4.69, 9.17) is 4.74 Å². The van der Waals surface area contributed by atoms with Gasteiger partial charge in [-0.15, -0.1) is 0 Å². The molecular formula is C20H25N3O5S. The minimum atomic E-state index is -3.65. The van der Waals surface area contributed by atoms with Crippen molar-refractivity contribution in [3.8, 4) is 5.75 Å². The Morgan fingerprint density at radius 1 is 1.03 bits per heavy atom. The number of carbonyl (C=O) groups excluding carboxylic acids is 2. The fraction of sp³-hybridized carbons (Fsp3) is 0.300. The molecule has 0 heterocycles. The van der Waals surface area contributed by atoms with Gasteiger partial charge < -0.3 is 15.4 Å². The molecule has 0 unspecified atom stereocenters. The lowest BCUT2D eigenvalue weighted by Gasteiger charge is -2.12. The molecule has 2 N–H and O–H groups in total. The minimum Gasteiger partial charge on any atom is -0.494 e. The van der Waals surface area contributed by atoms with E-state index in [-0.39, 0.29) is 22.9 Å². The zero-order valence-corrected chi connectivity index (χ0v) is 17.5. The van der Waals surface area contributed by atoms with Gasteiger partial charge in [0.2, 0.25) is 15.9 Å². The van der Waals surface area contributed by atoms with Crippen molar-refractivity contribution in [1.82, 2.24) is 14.9 Å². The molecule has 0 bridgehead atoms. The zero-order chi connectivity index (χ0) is 21.4. The van der Waals surface area contributed by atoms with Gasteiger partial charge in [-0.05, 0) is 42.8 Å². The summed E-state index contributed by atoms with van der Waals surface area (Å²) in [6.07, 6.45) is 0. The summed E-state index contributed by atoms with van der Waals surface area (Å²) in [6, 6.07) is 13.0. The van der Waals surface area contributed by atoms with Gasteiger partial charge in [-0.1, -0.05) is 18.2 Å². The highest BCUT2D eigenvalue weighted by atomic mass is 32.2. The van der Waals surface area contributed by atoms with Crippen molar-refractivity contribution in [2.45, 2.75) is 18.4 Å². The predicted molar refractivity (Wildman–Crippen MR) is 109 cm³/mol. The first-order valence-electron chi connectivity index (χ1n) is 9.03. The molecule has 29 heavy (non-hydrogen) atoms. The zero-order valence-electron chi connectivity index (χ0n) is 16.6. The number of benzene rings is 2. The summed E-state index contributed by atoms with van der Waals surface area (Å²) < 4.78 is 30.8. The Labute approximate surface area is 170 Å². The van der Waals surface area contributed by atoms with E-state index in [1.54, 1.807) is 0 Å². The molecule has 0 aliphatic carbocycles. The van der Waals surface area contributed by atoms with Crippen LogP contribution in [0.15, 0.2) is 53.4 Å². The van der Waals surface area contributed by atoms with Gasteiger partial charge in [-0.2, -0.15) is 0 Å². The van der Waals surface area contributed by atoms with Crippen molar-refractivity contribution in [2.75, 3.05) is 27.2 Å². The second-order valence-electron chi connectivity index (χ2n) is 6.36. The SMILES string of the molecule is CCOc1cccc(CNC(=O)CNC(=O)c2cccc(S(=O)(=O)N(C)C)c2)c1. The number of hydrogen-bond acceptors (Lipinski definition) is 5. The van der Waals surface area contributed by atoms with E-state index in [1.807, 2.05) is 31.2 Å². The molecule has 0 saturated carbocycles. The summed E-state index contributed by atoms with van der Waals surface area (Å²) >= 11 is 0. The largest absolute Gasteiger partial charge is 0.494 e. The predicted octanol–water partition coefficient (Wildman–Crippen LogP) is 1.38. The minimum absolute atomic E-state index is 0.00813. The van der Waals surface area contributed by atoms with Crippen LogP contribution in [0.4, 0.5) is 0 Å². The van der Waals surface area contributed by atoms with Gasteiger partial charge >= 0.3 is 0 Å². The molecule has 0 spiro atoms. The number of sulfonamides is 1. The molecule has 0 aromatic heterocycles. The summed E-state index contributed by atoms with van der Waals surface area (Å²) in [6.45, 7) is 2.52. The van der Waals surface area contributed by atoms with Crippen LogP contribution in [0.5, 0.6) is 5.75 Å². The highest BCUT2D eigenvalue weighted by Crippen LogP contribution is 2.15. The Balaban J connectivity index is 1.90. The average molecular weight is 420 g/mol. The Hall–Kier alpha value is -2.91. The Kier molecular flexibility index (Phi) is 7.74. The second-order valence-corrected chi connectivity index (χ2v) is 8.51. The number of amides is 2. The summed E-state index contributed by atoms with van der Waals surface area (Å²) in [5.41, 5.74) is 1.03. The van der Waals surface area contributed by atoms with Gasteiger partial charge in [0.05, 0.1) is 18.0 Å². The van der Waals surface area contributed by atoms with E-state index in [2.05, 4.69) is 10.6 Å². The standard InChI is InChI=1S/C20H25N3O5S/c1-4-28-17-9-5-7-15(11-17)13-21-19(24)14-22-20(25)16-8-6-10-18(12-16)29(26,27)23(2)3/h5-12H,4,13-14H2,1-3H3,(H,21,24)(H,22,25). The Bertz CT molecular complexity index is 974. The molecule has 156 valence electrons. The van der Waals surface area contributed by atoms with Gasteiger partial charge in [0.25, 0.3) is 5.91 Å². The lowest BCUT2D eigenvalue weighted by Crippen LogP contribution is -2.36. The number of ether oxygens (including phenoxy) is 1. The quantitative estimate of drug-likeness (QED) is 0.639. The normalized spacial score (nSPS) is 11.2. The highest BCUT2D eigenvalue weighted by Gasteiger charge is 2.18. The van der Waals surface area contributed by atoms with Gasteiger partial charge in [0, 0.05) is 26.2 Å². The van der Waals surface area contributed by atoms with Gasteiger partial charge in [-0.25, -0.2) is 12.7 Å². The maximum Gasteiger partial charge on any atom is 0.251 e. The molecule has 2 rings (SSSR count). The van der Waals surface area contributed by atoms with Crippen molar-refractivity contribution < 1.29 is 22.7 Å². The average Bonchev–Trinajstić information content (AvgIpc) is 2.71. The van der Waals surface area contributed by atoms with E-state index >= 15 is 0 Å². The van der Waals surface area contributed by atoms with Gasteiger partial charge in [-0.3, -0.25) is 9.59 Å². The van der Waals surface area contributed by atoms with Crippen LogP contribution in [0.2, 0.25) is 0 Å². The molecule has 8 nitrogen and oxygen atoms in total. The molecule has 0 saturated heterocycles. The maximum atomic E-state index is 12.3. The summed E-state index contributed by atoms with van der Waals surface area (Å²) in [4.78, 5) is 24.3. The smallest absolute Gasteiger partial charge is 0.251 e. The van der Waals surface area contributed by atoms with E-state index in [0.717, 1.165) is 15.6 Å². The Morgan fingerprint density at radius 2 is 1.76 bits per heavy atom. The molecule has 0 atom stereocenters. The lowest BCUT2D eigenvalue weighted by atomic mass is 10.2. The van der Waals surface area contributed by atoms with Crippen LogP contribution in [0.1, 0.15) is 22.8 Å². The number of carbonyl (C=O) groups is 2. The molecule has 2 aromatic rings. The number of nitrogens with zero attached hydrogens (tertiary/aromatic N) is 1. The van der Waals surface area contributed by atoms with Crippen molar-refractivity contribution in [3.05, 3.63) is 59.7 Å². The van der Waals surface area contributed by atoms with E-state index < -0.39 is 15.9 Å². The van der Waals surface area contributed by atoms with Crippen LogP contribution in [-0.2, 0) is 21.4 Å².